The van der Waals surface area contributed by atoms with Gasteiger partial charge in [-0.25, -0.2) is 4.79 Å². The van der Waals surface area contributed by atoms with Gasteiger partial charge in [-0.05, 0) is 27.7 Å². The Balaban J connectivity index is 0.00000172. The minimum Gasteiger partial charge on any atom is -0.465 e. The van der Waals surface area contributed by atoms with Crippen LogP contribution >= 0.6 is 0 Å². The Bertz CT molecular complexity index is 387. The van der Waals surface area contributed by atoms with E-state index in [1.165, 1.54) is 4.90 Å². The van der Waals surface area contributed by atoms with Crippen LogP contribution < -0.4 is 0 Å². The number of hydrogen-bond acceptors (Lipinski definition) is 5. The van der Waals surface area contributed by atoms with Crippen molar-refractivity contribution in [3.05, 3.63) is 0 Å². The summed E-state index contributed by atoms with van der Waals surface area (Å²) < 4.78 is 9.97. The van der Waals surface area contributed by atoms with Gasteiger partial charge in [0.1, 0.15) is 5.60 Å². The number of nitriles is 1. The summed E-state index contributed by atoms with van der Waals surface area (Å²) in [5.74, 6) is -0.577. The molecule has 6 nitrogen and oxygen atoms in total. The Hall–Kier alpha value is -1.77. The van der Waals surface area contributed by atoms with Crippen molar-refractivity contribution in [2.75, 3.05) is 19.7 Å². The first kappa shape index (κ1) is 18.2. The van der Waals surface area contributed by atoms with Crippen molar-refractivity contribution in [2.24, 2.45) is 5.41 Å². The van der Waals surface area contributed by atoms with Crippen molar-refractivity contribution >= 4 is 12.1 Å². The quantitative estimate of drug-likeness (QED) is 0.727. The zero-order valence-electron chi connectivity index (χ0n) is 13.1. The number of ether oxygens (including phenoxy) is 2. The Morgan fingerprint density at radius 1 is 1.30 bits per heavy atom. The summed E-state index contributed by atoms with van der Waals surface area (Å²) in [5.41, 5.74) is -1.82. The van der Waals surface area contributed by atoms with Gasteiger partial charge in [-0.3, -0.25) is 4.79 Å². The van der Waals surface area contributed by atoms with Crippen molar-refractivity contribution < 1.29 is 19.1 Å². The third kappa shape index (κ3) is 4.41. The molecule has 20 heavy (non-hydrogen) atoms. The normalized spacial score (nSPS) is 15.9. The highest BCUT2D eigenvalue weighted by molar-refractivity contribution is 5.85. The lowest BCUT2D eigenvalue weighted by Gasteiger charge is -2.43. The molecule has 0 aromatic carbocycles. The molecule has 1 heterocycles. The SMILES string of the molecule is CC.CCOC(=O)C1(C#N)CN(C(=O)OC(C)(C)C)C1. The van der Waals surface area contributed by atoms with Crippen molar-refractivity contribution in [1.29, 1.82) is 5.26 Å². The Kier molecular flexibility index (Phi) is 6.50. The number of esters is 1. The maximum absolute atomic E-state index is 11.7. The molecule has 0 bridgehead atoms. The molecule has 0 spiro atoms. The monoisotopic (exact) mass is 284 g/mol. The predicted molar refractivity (Wildman–Crippen MR) is 73.8 cm³/mol. The average molecular weight is 284 g/mol. The lowest BCUT2D eigenvalue weighted by atomic mass is 9.81. The van der Waals surface area contributed by atoms with Gasteiger partial charge < -0.3 is 14.4 Å². The second kappa shape index (κ2) is 7.13. The standard InChI is InChI=1S/C12H18N2O4.C2H6/c1-5-17-9(15)12(6-13)7-14(8-12)10(16)18-11(2,3)4;1-2/h5,7-8H2,1-4H3;1-2H3. The average Bonchev–Trinajstić information content (AvgIpc) is 2.29. The second-order valence-electron chi connectivity index (χ2n) is 5.25. The topological polar surface area (TPSA) is 79.6 Å². The maximum atomic E-state index is 11.7. The summed E-state index contributed by atoms with van der Waals surface area (Å²) in [6, 6.07) is 1.92. The van der Waals surface area contributed by atoms with Gasteiger partial charge >= 0.3 is 12.1 Å². The summed E-state index contributed by atoms with van der Waals surface area (Å²) in [7, 11) is 0. The van der Waals surface area contributed by atoms with E-state index in [4.69, 9.17) is 14.7 Å². The predicted octanol–water partition coefficient (Wildman–Crippen LogP) is 2.34. The van der Waals surface area contributed by atoms with E-state index in [1.807, 2.05) is 19.9 Å². The fourth-order valence-corrected chi connectivity index (χ4v) is 1.58. The van der Waals surface area contributed by atoms with Gasteiger partial charge in [0.2, 0.25) is 0 Å². The van der Waals surface area contributed by atoms with Crippen LogP contribution in [0.3, 0.4) is 0 Å². The van der Waals surface area contributed by atoms with E-state index in [-0.39, 0.29) is 19.7 Å². The number of nitrogens with zero attached hydrogens (tertiary/aromatic N) is 2. The Morgan fingerprint density at radius 2 is 1.80 bits per heavy atom. The number of hydrogen-bond donors (Lipinski definition) is 0. The highest BCUT2D eigenvalue weighted by Gasteiger charge is 2.54. The molecule has 1 aliphatic heterocycles. The maximum Gasteiger partial charge on any atom is 0.410 e. The molecule has 1 fully saturated rings. The summed E-state index contributed by atoms with van der Waals surface area (Å²) in [5, 5.41) is 9.04. The third-order valence-corrected chi connectivity index (χ3v) is 2.45. The van der Waals surface area contributed by atoms with E-state index in [1.54, 1.807) is 27.7 Å². The molecule has 0 aromatic rings. The van der Waals surface area contributed by atoms with Gasteiger partial charge in [-0.15, -0.1) is 0 Å². The smallest absolute Gasteiger partial charge is 0.410 e. The Labute approximate surface area is 120 Å². The highest BCUT2D eigenvalue weighted by atomic mass is 16.6. The largest absolute Gasteiger partial charge is 0.465 e. The van der Waals surface area contributed by atoms with Gasteiger partial charge in [0.15, 0.2) is 5.41 Å². The summed E-state index contributed by atoms with van der Waals surface area (Å²) in [4.78, 5) is 24.6. The van der Waals surface area contributed by atoms with Crippen LogP contribution in [0.25, 0.3) is 0 Å². The zero-order chi connectivity index (χ0) is 16.0. The molecule has 6 heteroatoms. The number of rotatable bonds is 2. The van der Waals surface area contributed by atoms with Gasteiger partial charge in [0.25, 0.3) is 0 Å². The molecule has 1 amide bonds. The van der Waals surface area contributed by atoms with E-state index in [0.29, 0.717) is 0 Å². The van der Waals surface area contributed by atoms with Crippen molar-refractivity contribution in [1.82, 2.24) is 4.90 Å². The molecule has 0 unspecified atom stereocenters. The molecule has 0 aliphatic carbocycles. The molecular formula is C14H24N2O4. The molecular weight excluding hydrogens is 260 g/mol. The number of carbonyl (C=O) groups excluding carboxylic acids is 2. The lowest BCUT2D eigenvalue weighted by Crippen LogP contribution is -2.62. The van der Waals surface area contributed by atoms with Gasteiger partial charge in [-0.2, -0.15) is 5.26 Å². The van der Waals surface area contributed by atoms with Crippen LogP contribution in [-0.2, 0) is 14.3 Å². The number of likely N-dealkylation sites (tertiary alicyclic amines) is 1. The lowest BCUT2D eigenvalue weighted by molar-refractivity contribution is -0.159. The van der Waals surface area contributed by atoms with Crippen LogP contribution in [0.2, 0.25) is 0 Å². The molecule has 1 rings (SSSR count). The van der Waals surface area contributed by atoms with Crippen LogP contribution in [-0.4, -0.2) is 42.3 Å². The zero-order valence-corrected chi connectivity index (χ0v) is 13.1. The van der Waals surface area contributed by atoms with Crippen molar-refractivity contribution in [2.45, 2.75) is 47.1 Å². The van der Waals surface area contributed by atoms with Crippen molar-refractivity contribution in [3.63, 3.8) is 0 Å². The molecule has 0 N–H and O–H groups in total. The van der Waals surface area contributed by atoms with Crippen LogP contribution in [0.15, 0.2) is 0 Å². The number of carbonyl (C=O) groups is 2. The van der Waals surface area contributed by atoms with E-state index >= 15 is 0 Å². The van der Waals surface area contributed by atoms with Crippen molar-refractivity contribution in [3.8, 4) is 6.07 Å². The molecule has 114 valence electrons. The molecule has 1 saturated heterocycles. The molecule has 1 aliphatic rings. The highest BCUT2D eigenvalue weighted by Crippen LogP contribution is 2.32. The minimum atomic E-state index is -1.23. The molecule has 0 aromatic heterocycles. The number of amides is 1. The first-order valence-corrected chi connectivity index (χ1v) is 6.80. The van der Waals surface area contributed by atoms with Crippen LogP contribution in [0.4, 0.5) is 4.79 Å². The fraction of sp³-hybridized carbons (Fsp3) is 0.786. The van der Waals surface area contributed by atoms with Crippen LogP contribution in [0.5, 0.6) is 0 Å². The summed E-state index contributed by atoms with van der Waals surface area (Å²) in [6.07, 6.45) is -0.516. The molecule has 0 saturated carbocycles. The summed E-state index contributed by atoms with van der Waals surface area (Å²) >= 11 is 0. The molecule has 0 atom stereocenters. The van der Waals surface area contributed by atoms with E-state index in [0.717, 1.165) is 0 Å². The van der Waals surface area contributed by atoms with Gasteiger partial charge in [0, 0.05) is 0 Å². The Morgan fingerprint density at radius 3 is 2.15 bits per heavy atom. The van der Waals surface area contributed by atoms with Crippen LogP contribution in [0.1, 0.15) is 41.5 Å². The second-order valence-corrected chi connectivity index (χ2v) is 5.25. The first-order valence-electron chi connectivity index (χ1n) is 6.80. The van der Waals surface area contributed by atoms with E-state index < -0.39 is 23.1 Å². The van der Waals surface area contributed by atoms with E-state index in [9.17, 15) is 9.59 Å². The first-order chi connectivity index (χ1) is 9.24. The van der Waals surface area contributed by atoms with Gasteiger partial charge in [-0.1, -0.05) is 13.8 Å². The molecule has 0 radical (unpaired) electrons. The third-order valence-electron chi connectivity index (χ3n) is 2.45. The van der Waals surface area contributed by atoms with Crippen LogP contribution in [0, 0.1) is 16.7 Å². The van der Waals surface area contributed by atoms with Gasteiger partial charge in [0.05, 0.1) is 25.8 Å². The van der Waals surface area contributed by atoms with E-state index in [2.05, 4.69) is 0 Å². The minimum absolute atomic E-state index is 0.0250. The fourth-order valence-electron chi connectivity index (χ4n) is 1.58. The summed E-state index contributed by atoms with van der Waals surface area (Å²) in [6.45, 7) is 11.2.